The molecule has 4 nitrogen and oxygen atoms in total. The van der Waals surface area contributed by atoms with Crippen molar-refractivity contribution in [3.05, 3.63) is 70.8 Å². The lowest BCUT2D eigenvalue weighted by atomic mass is 9.73. The van der Waals surface area contributed by atoms with Gasteiger partial charge in [0.2, 0.25) is 0 Å². The summed E-state index contributed by atoms with van der Waals surface area (Å²) in [4.78, 5) is 12.9. The number of alkyl halides is 6. The predicted octanol–water partition coefficient (Wildman–Crippen LogP) is 6.14. The van der Waals surface area contributed by atoms with Crippen molar-refractivity contribution in [2.24, 2.45) is 0 Å². The van der Waals surface area contributed by atoms with Crippen molar-refractivity contribution in [1.82, 2.24) is 4.90 Å². The highest BCUT2D eigenvalue weighted by atomic mass is 19.4. The van der Waals surface area contributed by atoms with E-state index in [0.29, 0.717) is 51.0 Å². The monoisotopic (exact) mass is 503 g/mol. The topological polar surface area (TPSA) is 49.8 Å². The van der Waals surface area contributed by atoms with Gasteiger partial charge in [-0.2, -0.15) is 26.3 Å². The lowest BCUT2D eigenvalue weighted by Gasteiger charge is -2.42. The minimum Gasteiger partial charge on any atom is -0.481 e. The van der Waals surface area contributed by atoms with E-state index >= 15 is 0 Å². The van der Waals surface area contributed by atoms with Gasteiger partial charge < -0.3 is 14.7 Å². The van der Waals surface area contributed by atoms with E-state index in [0.717, 1.165) is 5.56 Å². The number of rotatable bonds is 9. The van der Waals surface area contributed by atoms with E-state index in [-0.39, 0.29) is 31.3 Å². The fraction of sp³-hybridized carbons (Fsp3) is 0.480. The molecule has 10 heteroatoms. The number of likely N-dealkylation sites (tertiary alicyclic amines) is 1. The number of carboxylic acid groups (broad SMARTS) is 1. The Morgan fingerprint density at radius 1 is 0.943 bits per heavy atom. The zero-order chi connectivity index (χ0) is 25.7. The van der Waals surface area contributed by atoms with Crippen LogP contribution in [0.2, 0.25) is 0 Å². The second-order valence-corrected chi connectivity index (χ2v) is 8.89. The number of carbonyl (C=O) groups is 1. The molecule has 2 aromatic carbocycles. The van der Waals surface area contributed by atoms with E-state index < -0.39 is 34.9 Å². The number of ether oxygens (including phenoxy) is 1. The molecular formula is C25H27F6NO3. The summed E-state index contributed by atoms with van der Waals surface area (Å²) in [5, 5.41) is 8.83. The molecule has 1 N–H and O–H groups in total. The molecule has 3 rings (SSSR count). The smallest absolute Gasteiger partial charge is 0.416 e. The van der Waals surface area contributed by atoms with Gasteiger partial charge in [-0.05, 0) is 68.2 Å². The molecule has 1 aliphatic rings. The number of hydrogen-bond acceptors (Lipinski definition) is 3. The maximum atomic E-state index is 13.2. The molecule has 0 spiro atoms. The fourth-order valence-corrected chi connectivity index (χ4v) is 4.43. The lowest BCUT2D eigenvalue weighted by Crippen LogP contribution is -2.45. The molecule has 0 amide bonds. The molecule has 0 aliphatic carbocycles. The van der Waals surface area contributed by atoms with Crippen LogP contribution in [0, 0.1) is 0 Å². The van der Waals surface area contributed by atoms with Crippen LogP contribution in [0.1, 0.15) is 47.9 Å². The Morgan fingerprint density at radius 3 is 2.03 bits per heavy atom. The van der Waals surface area contributed by atoms with Gasteiger partial charge >= 0.3 is 18.3 Å². The second kappa shape index (κ2) is 11.0. The number of benzene rings is 2. The van der Waals surface area contributed by atoms with Gasteiger partial charge in [-0.15, -0.1) is 0 Å². The largest absolute Gasteiger partial charge is 0.481 e. The Balaban J connectivity index is 1.72. The normalized spacial score (nSPS) is 16.9. The zero-order valence-corrected chi connectivity index (χ0v) is 19.0. The second-order valence-electron chi connectivity index (χ2n) is 8.89. The van der Waals surface area contributed by atoms with Crippen molar-refractivity contribution >= 4 is 5.97 Å². The van der Waals surface area contributed by atoms with Crippen molar-refractivity contribution in [3.63, 3.8) is 0 Å². The summed E-state index contributed by atoms with van der Waals surface area (Å²) in [5.41, 5.74) is -2.37. The van der Waals surface area contributed by atoms with E-state index in [1.807, 2.05) is 30.3 Å². The van der Waals surface area contributed by atoms with Crippen LogP contribution in [-0.4, -0.2) is 42.2 Å². The number of halogens is 6. The molecule has 1 aliphatic heterocycles. The summed E-state index contributed by atoms with van der Waals surface area (Å²) < 4.78 is 84.7. The van der Waals surface area contributed by atoms with Crippen LogP contribution in [-0.2, 0) is 33.9 Å². The Labute approximate surface area is 199 Å². The molecule has 192 valence electrons. The molecule has 1 fully saturated rings. The van der Waals surface area contributed by atoms with E-state index in [1.165, 1.54) is 0 Å². The van der Waals surface area contributed by atoms with Gasteiger partial charge in [0.25, 0.3) is 0 Å². The van der Waals surface area contributed by atoms with Crippen LogP contribution in [0.4, 0.5) is 26.3 Å². The molecule has 1 heterocycles. The van der Waals surface area contributed by atoms with Gasteiger partial charge in [0.05, 0.1) is 24.3 Å². The number of aliphatic carboxylic acids is 1. The highest BCUT2D eigenvalue weighted by molar-refractivity contribution is 5.66. The van der Waals surface area contributed by atoms with Crippen LogP contribution < -0.4 is 0 Å². The van der Waals surface area contributed by atoms with Gasteiger partial charge in [-0.25, -0.2) is 0 Å². The average molecular weight is 503 g/mol. The Hall–Kier alpha value is -2.59. The highest BCUT2D eigenvalue weighted by Gasteiger charge is 2.38. The molecule has 2 aromatic rings. The first kappa shape index (κ1) is 27.0. The third kappa shape index (κ3) is 7.44. The number of piperidine rings is 1. The van der Waals surface area contributed by atoms with Crippen molar-refractivity contribution in [2.45, 2.75) is 50.1 Å². The van der Waals surface area contributed by atoms with Gasteiger partial charge in [0.15, 0.2) is 0 Å². The molecule has 0 unspecified atom stereocenters. The third-order valence-electron chi connectivity index (χ3n) is 6.36. The first-order valence-electron chi connectivity index (χ1n) is 11.2. The first-order chi connectivity index (χ1) is 16.4. The molecule has 0 atom stereocenters. The summed E-state index contributed by atoms with van der Waals surface area (Å²) in [6, 6.07) is 11.0. The van der Waals surface area contributed by atoms with E-state index in [1.54, 1.807) is 0 Å². The Morgan fingerprint density at radius 2 is 1.51 bits per heavy atom. The average Bonchev–Trinajstić information content (AvgIpc) is 2.79. The van der Waals surface area contributed by atoms with Crippen molar-refractivity contribution in [1.29, 1.82) is 0 Å². The standard InChI is InChI=1S/C25H27F6NO3/c26-24(27,28)20-13-18(14-21(15-20)25(29,30)31)16-35-17-23(19-5-2-1-3-6-19)8-11-32(12-9-23)10-4-7-22(33)34/h1-3,5-6,13-15H,4,7-12,16-17H2,(H,33,34). The molecule has 0 saturated carbocycles. The van der Waals surface area contributed by atoms with Crippen molar-refractivity contribution < 1.29 is 41.0 Å². The minimum atomic E-state index is -4.91. The Bertz CT molecular complexity index is 951. The SMILES string of the molecule is O=C(O)CCCN1CCC(COCc2cc(C(F)(F)F)cc(C(F)(F)F)c2)(c2ccccc2)CC1. The molecule has 0 aromatic heterocycles. The van der Waals surface area contributed by atoms with Crippen molar-refractivity contribution in [2.75, 3.05) is 26.2 Å². The zero-order valence-electron chi connectivity index (χ0n) is 19.0. The van der Waals surface area contributed by atoms with E-state index in [2.05, 4.69) is 4.90 Å². The molecule has 0 bridgehead atoms. The van der Waals surface area contributed by atoms with Gasteiger partial charge in [-0.3, -0.25) is 4.79 Å². The minimum absolute atomic E-state index is 0.0837. The lowest BCUT2D eigenvalue weighted by molar-refractivity contribution is -0.143. The third-order valence-corrected chi connectivity index (χ3v) is 6.36. The summed E-state index contributed by atoms with van der Waals surface area (Å²) in [7, 11) is 0. The van der Waals surface area contributed by atoms with Gasteiger partial charge in [-0.1, -0.05) is 30.3 Å². The fourth-order valence-electron chi connectivity index (χ4n) is 4.43. The van der Waals surface area contributed by atoms with Crippen molar-refractivity contribution in [3.8, 4) is 0 Å². The molecule has 35 heavy (non-hydrogen) atoms. The molecule has 1 saturated heterocycles. The summed E-state index contributed by atoms with van der Waals surface area (Å²) in [5.74, 6) is -0.850. The summed E-state index contributed by atoms with van der Waals surface area (Å²) in [6.07, 6.45) is -7.87. The van der Waals surface area contributed by atoms with Crippen LogP contribution in [0.25, 0.3) is 0 Å². The van der Waals surface area contributed by atoms with E-state index in [4.69, 9.17) is 9.84 Å². The number of hydrogen-bond donors (Lipinski definition) is 1. The molecular weight excluding hydrogens is 476 g/mol. The van der Waals surface area contributed by atoms with Crippen LogP contribution >= 0.6 is 0 Å². The van der Waals surface area contributed by atoms with Gasteiger partial charge in [0.1, 0.15) is 0 Å². The quantitative estimate of drug-likeness (QED) is 0.418. The highest BCUT2D eigenvalue weighted by Crippen LogP contribution is 2.38. The van der Waals surface area contributed by atoms with E-state index in [9.17, 15) is 31.1 Å². The molecule has 0 radical (unpaired) electrons. The maximum absolute atomic E-state index is 13.2. The van der Waals surface area contributed by atoms with Crippen LogP contribution in [0.15, 0.2) is 48.5 Å². The van der Waals surface area contributed by atoms with Crippen LogP contribution in [0.5, 0.6) is 0 Å². The maximum Gasteiger partial charge on any atom is 0.416 e. The summed E-state index contributed by atoms with van der Waals surface area (Å²) >= 11 is 0. The first-order valence-corrected chi connectivity index (χ1v) is 11.2. The summed E-state index contributed by atoms with van der Waals surface area (Å²) in [6.45, 7) is 1.75. The van der Waals surface area contributed by atoms with Crippen LogP contribution in [0.3, 0.4) is 0 Å². The Kier molecular flexibility index (Phi) is 8.48. The van der Waals surface area contributed by atoms with Gasteiger partial charge in [0, 0.05) is 11.8 Å². The number of carboxylic acids is 1. The number of nitrogens with zero attached hydrogens (tertiary/aromatic N) is 1. The predicted molar refractivity (Wildman–Crippen MR) is 117 cm³/mol.